The molecule has 0 unspecified atom stereocenters. The van der Waals surface area contributed by atoms with Gasteiger partial charge in [-0.2, -0.15) is 0 Å². The van der Waals surface area contributed by atoms with Gasteiger partial charge >= 0.3 is 0 Å². The zero-order valence-corrected chi connectivity index (χ0v) is 10.1. The lowest BCUT2D eigenvalue weighted by Crippen LogP contribution is -2.52. The van der Waals surface area contributed by atoms with Gasteiger partial charge in [0.25, 0.3) is 5.91 Å². The van der Waals surface area contributed by atoms with Crippen molar-refractivity contribution in [1.29, 1.82) is 0 Å². The van der Waals surface area contributed by atoms with E-state index in [4.69, 9.17) is 0 Å². The fraction of sp³-hybridized carbons (Fsp3) is 0.500. The number of rotatable bonds is 2. The lowest BCUT2D eigenvalue weighted by Gasteiger charge is -2.39. The van der Waals surface area contributed by atoms with Gasteiger partial charge in [0.1, 0.15) is 6.54 Å². The molecule has 1 N–H and O–H groups in total. The van der Waals surface area contributed by atoms with E-state index in [2.05, 4.69) is 29.6 Å². The number of hydrogen-bond acceptors (Lipinski definition) is 1. The van der Waals surface area contributed by atoms with Gasteiger partial charge in [0.15, 0.2) is 6.54 Å². The Morgan fingerprint density at radius 1 is 1.18 bits per heavy atom. The Labute approximate surface area is 102 Å². The highest BCUT2D eigenvalue weighted by atomic mass is 16.2. The largest absolute Gasteiger partial charge is 0.348 e. The second-order valence-corrected chi connectivity index (χ2v) is 5.43. The molecule has 0 radical (unpaired) electrons. The lowest BCUT2D eigenvalue weighted by molar-refractivity contribution is -0.936. The molecule has 3 saturated heterocycles. The Bertz CT molecular complexity index is 407. The molecule has 0 spiro atoms. The number of nitrogens with zero attached hydrogens (tertiary/aromatic N) is 1. The summed E-state index contributed by atoms with van der Waals surface area (Å²) < 4.78 is 0.951. The van der Waals surface area contributed by atoms with Gasteiger partial charge in [-0.25, -0.2) is 0 Å². The van der Waals surface area contributed by atoms with E-state index in [1.807, 2.05) is 6.07 Å². The predicted molar refractivity (Wildman–Crippen MR) is 66.2 cm³/mol. The summed E-state index contributed by atoms with van der Waals surface area (Å²) in [5.41, 5.74) is 1.35. The van der Waals surface area contributed by atoms with Crippen molar-refractivity contribution in [3.63, 3.8) is 0 Å². The van der Waals surface area contributed by atoms with Gasteiger partial charge in [0.05, 0.1) is 13.1 Å². The third-order valence-corrected chi connectivity index (χ3v) is 4.11. The van der Waals surface area contributed by atoms with Gasteiger partial charge in [0, 0.05) is 24.4 Å². The molecule has 0 atom stereocenters. The zero-order chi connectivity index (χ0) is 11.7. The monoisotopic (exact) mass is 231 g/mol. The molecule has 1 aromatic carbocycles. The molecule has 3 aliphatic heterocycles. The standard InChI is InChI=1S/C14H18N2O/c17-14-11-16(8-6-13(15-14)7-9-16)10-12-4-2-1-3-5-12/h1-5,13H,6-11H2/p+1. The molecule has 17 heavy (non-hydrogen) atoms. The van der Waals surface area contributed by atoms with E-state index in [9.17, 15) is 4.79 Å². The van der Waals surface area contributed by atoms with Crippen LogP contribution in [0.3, 0.4) is 0 Å². The average Bonchev–Trinajstić information content (AvgIpc) is 2.57. The van der Waals surface area contributed by atoms with Crippen molar-refractivity contribution in [2.45, 2.75) is 25.4 Å². The molecule has 0 aliphatic carbocycles. The number of amides is 1. The van der Waals surface area contributed by atoms with E-state index in [1.165, 1.54) is 5.56 Å². The fourth-order valence-electron chi connectivity index (χ4n) is 3.18. The van der Waals surface area contributed by atoms with Crippen LogP contribution in [0.4, 0.5) is 0 Å². The summed E-state index contributed by atoms with van der Waals surface area (Å²) in [7, 11) is 0. The second-order valence-electron chi connectivity index (χ2n) is 5.43. The molecular weight excluding hydrogens is 212 g/mol. The molecule has 1 amide bonds. The highest BCUT2D eigenvalue weighted by Crippen LogP contribution is 2.25. The molecule has 3 fully saturated rings. The van der Waals surface area contributed by atoms with Crippen molar-refractivity contribution >= 4 is 5.91 Å². The third-order valence-electron chi connectivity index (χ3n) is 4.11. The first-order chi connectivity index (χ1) is 8.26. The molecule has 3 aliphatic rings. The minimum absolute atomic E-state index is 0.237. The van der Waals surface area contributed by atoms with Crippen LogP contribution >= 0.6 is 0 Å². The Balaban J connectivity index is 1.82. The molecule has 4 rings (SSSR count). The molecule has 90 valence electrons. The summed E-state index contributed by atoms with van der Waals surface area (Å²) in [6.07, 6.45) is 2.27. The highest BCUT2D eigenvalue weighted by Gasteiger charge is 2.40. The normalized spacial score (nSPS) is 32.0. The third kappa shape index (κ3) is 2.20. The van der Waals surface area contributed by atoms with Gasteiger partial charge in [-0.05, 0) is 0 Å². The topological polar surface area (TPSA) is 29.1 Å². The number of benzene rings is 1. The Kier molecular flexibility index (Phi) is 2.63. The van der Waals surface area contributed by atoms with E-state index < -0.39 is 0 Å². The Morgan fingerprint density at radius 3 is 2.59 bits per heavy atom. The van der Waals surface area contributed by atoms with Crippen LogP contribution in [-0.4, -0.2) is 36.1 Å². The van der Waals surface area contributed by atoms with Gasteiger partial charge < -0.3 is 9.80 Å². The number of carbonyl (C=O) groups is 1. The summed E-state index contributed by atoms with van der Waals surface area (Å²) >= 11 is 0. The summed E-state index contributed by atoms with van der Waals surface area (Å²) in [4.78, 5) is 11.8. The number of nitrogens with one attached hydrogen (secondary N) is 1. The maximum Gasteiger partial charge on any atom is 0.275 e. The number of fused-ring (bicyclic) bond motifs is 4. The summed E-state index contributed by atoms with van der Waals surface area (Å²) in [5.74, 6) is 0.237. The predicted octanol–water partition coefficient (Wildman–Crippen LogP) is 1.30. The summed E-state index contributed by atoms with van der Waals surface area (Å²) in [6, 6.07) is 11.0. The van der Waals surface area contributed by atoms with Crippen molar-refractivity contribution in [3.8, 4) is 0 Å². The van der Waals surface area contributed by atoms with Crippen LogP contribution in [0.2, 0.25) is 0 Å². The second kappa shape index (κ2) is 4.15. The van der Waals surface area contributed by atoms with Crippen molar-refractivity contribution in [1.82, 2.24) is 5.32 Å². The molecule has 0 aromatic heterocycles. The van der Waals surface area contributed by atoms with E-state index in [0.29, 0.717) is 12.6 Å². The van der Waals surface area contributed by atoms with Crippen LogP contribution in [0.5, 0.6) is 0 Å². The van der Waals surface area contributed by atoms with Crippen LogP contribution < -0.4 is 5.32 Å². The van der Waals surface area contributed by atoms with Gasteiger partial charge in [-0.3, -0.25) is 4.79 Å². The first kappa shape index (κ1) is 10.8. The molecule has 0 saturated carbocycles. The average molecular weight is 231 g/mol. The first-order valence-corrected chi connectivity index (χ1v) is 6.44. The summed E-state index contributed by atoms with van der Waals surface area (Å²) in [5, 5.41) is 3.13. The van der Waals surface area contributed by atoms with Crippen molar-refractivity contribution < 1.29 is 9.28 Å². The van der Waals surface area contributed by atoms with E-state index in [1.54, 1.807) is 0 Å². The maximum atomic E-state index is 11.8. The van der Waals surface area contributed by atoms with Gasteiger partial charge in [-0.1, -0.05) is 30.3 Å². The number of quaternary nitrogens is 1. The number of hydrogen-bond donors (Lipinski definition) is 1. The van der Waals surface area contributed by atoms with E-state index >= 15 is 0 Å². The Morgan fingerprint density at radius 2 is 1.88 bits per heavy atom. The highest BCUT2D eigenvalue weighted by molar-refractivity contribution is 5.77. The summed E-state index contributed by atoms with van der Waals surface area (Å²) in [6.45, 7) is 3.93. The van der Waals surface area contributed by atoms with Crippen LogP contribution in [0.25, 0.3) is 0 Å². The quantitative estimate of drug-likeness (QED) is 0.764. The molecule has 3 heterocycles. The molecule has 3 heteroatoms. The number of carbonyl (C=O) groups excluding carboxylic acids is 1. The SMILES string of the molecule is O=C1C[N+]2(Cc3ccccc3)CCC(CC2)N1. The van der Waals surface area contributed by atoms with Crippen LogP contribution in [0.15, 0.2) is 30.3 Å². The number of piperidine rings is 1. The molecule has 3 nitrogen and oxygen atoms in total. The van der Waals surface area contributed by atoms with Crippen LogP contribution in [0, 0.1) is 0 Å². The van der Waals surface area contributed by atoms with Gasteiger partial charge in [-0.15, -0.1) is 0 Å². The van der Waals surface area contributed by atoms with Crippen molar-refractivity contribution in [3.05, 3.63) is 35.9 Å². The minimum Gasteiger partial charge on any atom is -0.348 e. The molecular formula is C14H19N2O+. The van der Waals surface area contributed by atoms with Crippen molar-refractivity contribution in [2.75, 3.05) is 19.6 Å². The Hall–Kier alpha value is -1.35. The molecule has 1 aromatic rings. The van der Waals surface area contributed by atoms with Crippen molar-refractivity contribution in [2.24, 2.45) is 0 Å². The first-order valence-electron chi connectivity index (χ1n) is 6.44. The van der Waals surface area contributed by atoms with Crippen LogP contribution in [-0.2, 0) is 11.3 Å². The smallest absolute Gasteiger partial charge is 0.275 e. The zero-order valence-electron chi connectivity index (χ0n) is 10.1. The fourth-order valence-corrected chi connectivity index (χ4v) is 3.18. The van der Waals surface area contributed by atoms with Crippen LogP contribution in [0.1, 0.15) is 18.4 Å². The maximum absolute atomic E-state index is 11.8. The van der Waals surface area contributed by atoms with E-state index in [0.717, 1.165) is 37.0 Å². The molecule has 2 bridgehead atoms. The lowest BCUT2D eigenvalue weighted by atomic mass is 10.0. The van der Waals surface area contributed by atoms with Gasteiger partial charge in [0.2, 0.25) is 0 Å². The van der Waals surface area contributed by atoms with E-state index in [-0.39, 0.29) is 5.91 Å². The minimum atomic E-state index is 0.237.